The van der Waals surface area contributed by atoms with Gasteiger partial charge in [0.05, 0.1) is 23.7 Å². The molecule has 3 fully saturated rings. The van der Waals surface area contributed by atoms with Crippen LogP contribution in [-0.4, -0.2) is 51.4 Å². The fraction of sp³-hybridized carbons (Fsp3) is 1.00. The lowest BCUT2D eigenvalue weighted by molar-refractivity contribution is -0.105. The van der Waals surface area contributed by atoms with E-state index in [-0.39, 0.29) is 23.3 Å². The maximum absolute atomic E-state index is 11.7. The van der Waals surface area contributed by atoms with Gasteiger partial charge < -0.3 is 9.47 Å². The molecule has 3 aliphatic rings. The first-order valence-electron chi connectivity index (χ1n) is 7.42. The zero-order valence-electron chi connectivity index (χ0n) is 11.7. The predicted octanol–water partition coefficient (Wildman–Crippen LogP) is -0.161. The maximum Gasteiger partial charge on any atom is 0.150 e. The van der Waals surface area contributed by atoms with Gasteiger partial charge in [0.2, 0.25) is 0 Å². The van der Waals surface area contributed by atoms with Crippen molar-refractivity contribution in [3.63, 3.8) is 0 Å². The number of ether oxygens (including phenoxy) is 2. The number of hydrogen-bond donors (Lipinski definition) is 2. The average Bonchev–Trinajstić information content (AvgIpc) is 2.98. The van der Waals surface area contributed by atoms with E-state index in [9.17, 15) is 8.42 Å². The summed E-state index contributed by atoms with van der Waals surface area (Å²) in [6.07, 6.45) is 3.51. The molecule has 0 amide bonds. The normalized spacial score (nSPS) is 42.0. The molecule has 116 valence electrons. The van der Waals surface area contributed by atoms with Crippen molar-refractivity contribution in [2.75, 3.05) is 31.3 Å². The van der Waals surface area contributed by atoms with Crippen molar-refractivity contribution in [3.8, 4) is 0 Å². The maximum atomic E-state index is 11.7. The van der Waals surface area contributed by atoms with Crippen LogP contribution in [-0.2, 0) is 19.3 Å². The minimum Gasteiger partial charge on any atom is -0.378 e. The van der Waals surface area contributed by atoms with Crippen LogP contribution in [0.5, 0.6) is 0 Å². The van der Waals surface area contributed by atoms with Gasteiger partial charge in [0.25, 0.3) is 0 Å². The first-order valence-corrected chi connectivity index (χ1v) is 9.24. The van der Waals surface area contributed by atoms with Crippen molar-refractivity contribution in [1.29, 1.82) is 0 Å². The Labute approximate surface area is 120 Å². The molecule has 0 bridgehead atoms. The summed E-state index contributed by atoms with van der Waals surface area (Å²) >= 11 is 0. The van der Waals surface area contributed by atoms with Gasteiger partial charge in [-0.1, -0.05) is 0 Å². The molecule has 0 saturated carbocycles. The van der Waals surface area contributed by atoms with Crippen LogP contribution in [0.2, 0.25) is 0 Å². The summed E-state index contributed by atoms with van der Waals surface area (Å²) in [4.78, 5) is 0. The lowest BCUT2D eigenvalue weighted by Gasteiger charge is -2.41. The lowest BCUT2D eigenvalue weighted by atomic mass is 9.77. The zero-order valence-corrected chi connectivity index (χ0v) is 12.5. The summed E-state index contributed by atoms with van der Waals surface area (Å²) in [7, 11) is -2.87. The third kappa shape index (κ3) is 2.87. The molecule has 1 spiro atoms. The van der Waals surface area contributed by atoms with E-state index in [4.69, 9.17) is 15.3 Å². The number of hydrogen-bond acceptors (Lipinski definition) is 6. The molecule has 3 heterocycles. The SMILES string of the molecule is NNC(C1CCOC2(CCOC2)C1)C1CCS(=O)(=O)C1. The third-order valence-electron chi connectivity index (χ3n) is 5.07. The Kier molecular flexibility index (Phi) is 4.07. The molecular formula is C13H24N2O4S. The van der Waals surface area contributed by atoms with E-state index in [0.29, 0.717) is 24.9 Å². The summed E-state index contributed by atoms with van der Waals surface area (Å²) < 4.78 is 34.8. The van der Waals surface area contributed by atoms with E-state index in [0.717, 1.165) is 32.3 Å². The van der Waals surface area contributed by atoms with Gasteiger partial charge in [-0.2, -0.15) is 0 Å². The molecule has 0 aliphatic carbocycles. The Morgan fingerprint density at radius 2 is 2.10 bits per heavy atom. The Hall–Kier alpha value is -0.210. The van der Waals surface area contributed by atoms with E-state index in [1.807, 2.05) is 0 Å². The van der Waals surface area contributed by atoms with Crippen molar-refractivity contribution in [3.05, 3.63) is 0 Å². The van der Waals surface area contributed by atoms with Crippen LogP contribution in [0, 0.1) is 11.8 Å². The molecule has 6 nitrogen and oxygen atoms in total. The van der Waals surface area contributed by atoms with Gasteiger partial charge in [0.1, 0.15) is 0 Å². The van der Waals surface area contributed by atoms with Crippen LogP contribution in [0.25, 0.3) is 0 Å². The van der Waals surface area contributed by atoms with Crippen LogP contribution >= 0.6 is 0 Å². The highest BCUT2D eigenvalue weighted by molar-refractivity contribution is 7.91. The number of nitrogens with two attached hydrogens (primary N) is 1. The Balaban J connectivity index is 1.69. The van der Waals surface area contributed by atoms with Gasteiger partial charge >= 0.3 is 0 Å². The van der Waals surface area contributed by atoms with E-state index < -0.39 is 9.84 Å². The van der Waals surface area contributed by atoms with Crippen molar-refractivity contribution < 1.29 is 17.9 Å². The van der Waals surface area contributed by atoms with Gasteiger partial charge in [-0.05, 0) is 31.1 Å². The van der Waals surface area contributed by atoms with Crippen LogP contribution < -0.4 is 11.3 Å². The quantitative estimate of drug-likeness (QED) is 0.556. The summed E-state index contributed by atoms with van der Waals surface area (Å²) in [5.74, 6) is 6.81. The van der Waals surface area contributed by atoms with Crippen molar-refractivity contribution >= 4 is 9.84 Å². The molecule has 3 aliphatic heterocycles. The topological polar surface area (TPSA) is 90.7 Å². The highest BCUT2D eigenvalue weighted by atomic mass is 32.2. The molecule has 0 aromatic rings. The molecule has 4 atom stereocenters. The van der Waals surface area contributed by atoms with E-state index in [1.165, 1.54) is 0 Å². The molecule has 7 heteroatoms. The average molecular weight is 304 g/mol. The van der Waals surface area contributed by atoms with Crippen molar-refractivity contribution in [2.45, 2.75) is 37.3 Å². The first kappa shape index (κ1) is 14.7. The fourth-order valence-corrected chi connectivity index (χ4v) is 5.85. The minimum atomic E-state index is -2.87. The molecule has 0 radical (unpaired) electrons. The van der Waals surface area contributed by atoms with Crippen molar-refractivity contribution in [2.24, 2.45) is 17.7 Å². The number of sulfone groups is 1. The summed E-state index contributed by atoms with van der Waals surface area (Å²) in [5.41, 5.74) is 2.74. The van der Waals surface area contributed by atoms with Gasteiger partial charge in [-0.3, -0.25) is 11.3 Å². The summed E-state index contributed by atoms with van der Waals surface area (Å²) in [5, 5.41) is 0. The molecule has 3 N–H and O–H groups in total. The Bertz CT molecular complexity index is 447. The van der Waals surface area contributed by atoms with Gasteiger partial charge in [0, 0.05) is 25.7 Å². The fourth-order valence-electron chi connectivity index (χ4n) is 4.00. The molecule has 20 heavy (non-hydrogen) atoms. The number of rotatable bonds is 3. The third-order valence-corrected chi connectivity index (χ3v) is 6.87. The lowest BCUT2D eigenvalue weighted by Crippen LogP contribution is -2.52. The highest BCUT2D eigenvalue weighted by Gasteiger charge is 2.45. The summed E-state index contributed by atoms with van der Waals surface area (Å²) in [6.45, 7) is 2.13. The predicted molar refractivity (Wildman–Crippen MR) is 74.7 cm³/mol. The van der Waals surface area contributed by atoms with Crippen LogP contribution in [0.1, 0.15) is 25.7 Å². The standard InChI is InChI=1S/C13H24N2O4S/c14-15-12(11-2-6-20(16,17)8-11)10-1-4-19-13(7-10)3-5-18-9-13/h10-12,15H,1-9,14H2. The van der Waals surface area contributed by atoms with E-state index >= 15 is 0 Å². The van der Waals surface area contributed by atoms with Gasteiger partial charge in [-0.15, -0.1) is 0 Å². The molecular weight excluding hydrogens is 280 g/mol. The number of nitrogens with one attached hydrogen (secondary N) is 1. The highest BCUT2D eigenvalue weighted by Crippen LogP contribution is 2.39. The first-order chi connectivity index (χ1) is 9.54. The van der Waals surface area contributed by atoms with Crippen LogP contribution in [0.4, 0.5) is 0 Å². The molecule has 4 unspecified atom stereocenters. The van der Waals surface area contributed by atoms with Crippen LogP contribution in [0.15, 0.2) is 0 Å². The van der Waals surface area contributed by atoms with Crippen LogP contribution in [0.3, 0.4) is 0 Å². The van der Waals surface area contributed by atoms with Gasteiger partial charge in [-0.25, -0.2) is 8.42 Å². The van der Waals surface area contributed by atoms with Gasteiger partial charge in [0.15, 0.2) is 9.84 Å². The molecule has 0 aromatic heterocycles. The summed E-state index contributed by atoms with van der Waals surface area (Å²) in [6, 6.07) is 0.0636. The largest absolute Gasteiger partial charge is 0.378 e. The van der Waals surface area contributed by atoms with E-state index in [1.54, 1.807) is 0 Å². The second-order valence-electron chi connectivity index (χ2n) is 6.44. The monoisotopic (exact) mass is 304 g/mol. The molecule has 3 saturated heterocycles. The minimum absolute atomic E-state index is 0.0636. The second-order valence-corrected chi connectivity index (χ2v) is 8.67. The Morgan fingerprint density at radius 1 is 1.25 bits per heavy atom. The molecule has 3 rings (SSSR count). The van der Waals surface area contributed by atoms with E-state index in [2.05, 4.69) is 5.43 Å². The van der Waals surface area contributed by atoms with Crippen molar-refractivity contribution in [1.82, 2.24) is 5.43 Å². The smallest absolute Gasteiger partial charge is 0.150 e. The second kappa shape index (κ2) is 5.53. The molecule has 0 aromatic carbocycles. The number of hydrazine groups is 1. The zero-order chi connectivity index (χ0) is 14.2. The Morgan fingerprint density at radius 3 is 2.70 bits per heavy atom.